The van der Waals surface area contributed by atoms with E-state index < -0.39 is 0 Å². The van der Waals surface area contributed by atoms with Crippen molar-refractivity contribution in [2.45, 2.75) is 19.4 Å². The monoisotopic (exact) mass is 239 g/mol. The number of aromatic nitrogens is 1. The van der Waals surface area contributed by atoms with Crippen LogP contribution >= 0.6 is 11.6 Å². The highest BCUT2D eigenvalue weighted by molar-refractivity contribution is 6.30. The zero-order valence-corrected chi connectivity index (χ0v) is 10.4. The number of piperazine rings is 1. The number of halogens is 1. The van der Waals surface area contributed by atoms with Crippen molar-refractivity contribution >= 4 is 11.6 Å². The second-order valence-corrected chi connectivity index (χ2v) is 4.45. The fourth-order valence-electron chi connectivity index (χ4n) is 2.32. The molecule has 0 spiro atoms. The van der Waals surface area contributed by atoms with E-state index in [4.69, 9.17) is 11.6 Å². The van der Waals surface area contributed by atoms with Crippen LogP contribution in [-0.2, 0) is 0 Å². The van der Waals surface area contributed by atoms with Crippen LogP contribution in [0.2, 0.25) is 5.15 Å². The summed E-state index contributed by atoms with van der Waals surface area (Å²) >= 11 is 6.16. The Labute approximate surface area is 102 Å². The third kappa shape index (κ3) is 2.54. The van der Waals surface area contributed by atoms with Crippen LogP contribution in [0.25, 0.3) is 0 Å². The molecule has 0 aliphatic carbocycles. The molecule has 1 N–H and O–H groups in total. The van der Waals surface area contributed by atoms with E-state index in [0.717, 1.165) is 38.2 Å². The van der Waals surface area contributed by atoms with Crippen molar-refractivity contribution < 1.29 is 0 Å². The molecule has 1 aliphatic heterocycles. The Morgan fingerprint density at radius 3 is 2.88 bits per heavy atom. The average molecular weight is 240 g/mol. The number of rotatable bonds is 3. The number of nitrogens with one attached hydrogen (secondary N) is 1. The maximum absolute atomic E-state index is 6.16. The van der Waals surface area contributed by atoms with Gasteiger partial charge in [0, 0.05) is 44.0 Å². The fourth-order valence-corrected chi connectivity index (χ4v) is 2.56. The summed E-state index contributed by atoms with van der Waals surface area (Å²) in [4.78, 5) is 6.65. The topological polar surface area (TPSA) is 28.2 Å². The van der Waals surface area contributed by atoms with Gasteiger partial charge in [-0.2, -0.15) is 0 Å². The number of nitrogens with zero attached hydrogens (tertiary/aromatic N) is 2. The zero-order valence-electron chi connectivity index (χ0n) is 9.62. The quantitative estimate of drug-likeness (QED) is 0.819. The maximum atomic E-state index is 6.16. The largest absolute Gasteiger partial charge is 0.314 e. The Morgan fingerprint density at radius 2 is 2.25 bits per heavy atom. The van der Waals surface area contributed by atoms with Gasteiger partial charge in [-0.05, 0) is 12.5 Å². The average Bonchev–Trinajstić information content (AvgIpc) is 2.34. The van der Waals surface area contributed by atoms with Crippen LogP contribution in [-0.4, -0.2) is 36.1 Å². The van der Waals surface area contributed by atoms with Crippen LogP contribution in [0.4, 0.5) is 0 Å². The first kappa shape index (κ1) is 11.8. The van der Waals surface area contributed by atoms with Gasteiger partial charge in [0.25, 0.3) is 0 Å². The van der Waals surface area contributed by atoms with E-state index in [-0.39, 0.29) is 0 Å². The van der Waals surface area contributed by atoms with Gasteiger partial charge in [-0.1, -0.05) is 24.6 Å². The van der Waals surface area contributed by atoms with Crippen molar-refractivity contribution in [2.75, 3.05) is 26.2 Å². The molecule has 0 unspecified atom stereocenters. The number of pyridine rings is 1. The second-order valence-electron chi connectivity index (χ2n) is 4.09. The minimum absolute atomic E-state index is 0.406. The molecule has 1 aromatic rings. The summed E-state index contributed by atoms with van der Waals surface area (Å²) in [5.74, 6) is 0. The summed E-state index contributed by atoms with van der Waals surface area (Å²) in [6.07, 6.45) is 2.82. The highest BCUT2D eigenvalue weighted by Crippen LogP contribution is 2.28. The Bertz CT molecular complexity index is 337. The Morgan fingerprint density at radius 1 is 1.50 bits per heavy atom. The first-order valence-electron chi connectivity index (χ1n) is 5.88. The van der Waals surface area contributed by atoms with Crippen LogP contribution in [0, 0.1) is 0 Å². The standard InChI is InChI=1S/C12H18ClN3/c1-2-11(16-8-6-14-7-9-16)10-4-3-5-15-12(10)13/h3-5,11,14H,2,6-9H2,1H3/t11-/m1/s1. The number of hydrogen-bond acceptors (Lipinski definition) is 3. The molecule has 0 saturated carbocycles. The van der Waals surface area contributed by atoms with Crippen molar-refractivity contribution in [2.24, 2.45) is 0 Å². The van der Waals surface area contributed by atoms with Crippen molar-refractivity contribution in [3.63, 3.8) is 0 Å². The van der Waals surface area contributed by atoms with Gasteiger partial charge in [0.15, 0.2) is 0 Å². The molecule has 1 aromatic heterocycles. The molecule has 0 amide bonds. The van der Waals surface area contributed by atoms with Crippen molar-refractivity contribution in [1.82, 2.24) is 15.2 Å². The van der Waals surface area contributed by atoms with E-state index >= 15 is 0 Å². The lowest BCUT2D eigenvalue weighted by molar-refractivity contribution is 0.169. The molecule has 2 heterocycles. The van der Waals surface area contributed by atoms with Gasteiger partial charge < -0.3 is 5.32 Å². The molecular weight excluding hydrogens is 222 g/mol. The lowest BCUT2D eigenvalue weighted by Crippen LogP contribution is -2.45. The molecule has 1 fully saturated rings. The summed E-state index contributed by atoms with van der Waals surface area (Å²) < 4.78 is 0. The third-order valence-electron chi connectivity index (χ3n) is 3.13. The molecule has 1 saturated heterocycles. The predicted molar refractivity (Wildman–Crippen MR) is 66.7 cm³/mol. The Hall–Kier alpha value is -0.640. The Balaban J connectivity index is 2.18. The van der Waals surface area contributed by atoms with Crippen LogP contribution in [0.5, 0.6) is 0 Å². The van der Waals surface area contributed by atoms with Gasteiger partial charge in [0.2, 0.25) is 0 Å². The van der Waals surface area contributed by atoms with E-state index in [1.165, 1.54) is 0 Å². The van der Waals surface area contributed by atoms with Crippen LogP contribution < -0.4 is 5.32 Å². The highest BCUT2D eigenvalue weighted by Gasteiger charge is 2.22. The Kier molecular flexibility index (Phi) is 4.16. The minimum atomic E-state index is 0.406. The molecule has 88 valence electrons. The van der Waals surface area contributed by atoms with E-state index in [1.807, 2.05) is 6.07 Å². The molecule has 1 aliphatic rings. The summed E-state index contributed by atoms with van der Waals surface area (Å²) in [6, 6.07) is 4.46. The molecule has 3 nitrogen and oxygen atoms in total. The maximum Gasteiger partial charge on any atom is 0.133 e. The van der Waals surface area contributed by atoms with E-state index in [9.17, 15) is 0 Å². The minimum Gasteiger partial charge on any atom is -0.314 e. The zero-order chi connectivity index (χ0) is 11.4. The molecular formula is C12H18ClN3. The van der Waals surface area contributed by atoms with Gasteiger partial charge in [0.05, 0.1) is 0 Å². The highest BCUT2D eigenvalue weighted by atomic mass is 35.5. The second kappa shape index (κ2) is 5.62. The molecule has 4 heteroatoms. The lowest BCUT2D eigenvalue weighted by atomic mass is 10.0. The predicted octanol–water partition coefficient (Wildman–Crippen LogP) is 2.09. The van der Waals surface area contributed by atoms with Gasteiger partial charge >= 0.3 is 0 Å². The number of hydrogen-bond donors (Lipinski definition) is 1. The molecule has 16 heavy (non-hydrogen) atoms. The van der Waals surface area contributed by atoms with Gasteiger partial charge in [-0.3, -0.25) is 4.90 Å². The molecule has 0 bridgehead atoms. The van der Waals surface area contributed by atoms with Crippen LogP contribution in [0.3, 0.4) is 0 Å². The first-order valence-corrected chi connectivity index (χ1v) is 6.26. The lowest BCUT2D eigenvalue weighted by Gasteiger charge is -2.34. The van der Waals surface area contributed by atoms with Gasteiger partial charge in [-0.25, -0.2) is 4.98 Å². The fraction of sp³-hybridized carbons (Fsp3) is 0.583. The van der Waals surface area contributed by atoms with Gasteiger partial charge in [0.1, 0.15) is 5.15 Å². The summed E-state index contributed by atoms with van der Waals surface area (Å²) in [6.45, 7) is 6.51. The molecule has 0 radical (unpaired) electrons. The third-order valence-corrected chi connectivity index (χ3v) is 3.44. The summed E-state index contributed by atoms with van der Waals surface area (Å²) in [7, 11) is 0. The first-order chi connectivity index (χ1) is 7.83. The smallest absolute Gasteiger partial charge is 0.133 e. The van der Waals surface area contributed by atoms with Crippen LogP contribution in [0.15, 0.2) is 18.3 Å². The van der Waals surface area contributed by atoms with Crippen molar-refractivity contribution in [3.8, 4) is 0 Å². The molecule has 2 rings (SSSR count). The van der Waals surface area contributed by atoms with Crippen molar-refractivity contribution in [3.05, 3.63) is 29.0 Å². The normalized spacial score (nSPS) is 19.6. The van der Waals surface area contributed by atoms with Crippen molar-refractivity contribution in [1.29, 1.82) is 0 Å². The summed E-state index contributed by atoms with van der Waals surface area (Å²) in [5.41, 5.74) is 1.16. The molecule has 0 aromatic carbocycles. The van der Waals surface area contributed by atoms with E-state index in [2.05, 4.69) is 28.2 Å². The SMILES string of the molecule is CC[C@H](c1cccnc1Cl)N1CCNCC1. The summed E-state index contributed by atoms with van der Waals surface area (Å²) in [5, 5.41) is 4.02. The van der Waals surface area contributed by atoms with Crippen LogP contribution in [0.1, 0.15) is 24.9 Å². The van der Waals surface area contributed by atoms with E-state index in [0.29, 0.717) is 11.2 Å². The van der Waals surface area contributed by atoms with E-state index in [1.54, 1.807) is 6.20 Å². The molecule has 1 atom stereocenters. The van der Waals surface area contributed by atoms with Gasteiger partial charge in [-0.15, -0.1) is 0 Å².